The van der Waals surface area contributed by atoms with Gasteiger partial charge >= 0.3 is 0 Å². The van der Waals surface area contributed by atoms with Gasteiger partial charge in [0.15, 0.2) is 0 Å². The van der Waals surface area contributed by atoms with Crippen LogP contribution in [0, 0.1) is 0 Å². The Morgan fingerprint density at radius 1 is 1.17 bits per heavy atom. The van der Waals surface area contributed by atoms with Crippen molar-refractivity contribution in [1.82, 2.24) is 9.97 Å². The van der Waals surface area contributed by atoms with Crippen LogP contribution in [0.1, 0.15) is 17.4 Å². The van der Waals surface area contributed by atoms with Crippen molar-refractivity contribution in [3.8, 4) is 0 Å². The molecule has 0 bridgehead atoms. The van der Waals surface area contributed by atoms with E-state index in [9.17, 15) is 0 Å². The van der Waals surface area contributed by atoms with Crippen LogP contribution < -0.4 is 5.73 Å². The molecule has 0 aliphatic rings. The number of rotatable bonds is 2. The average Bonchev–Trinajstić information content (AvgIpc) is 2.81. The first-order chi connectivity index (χ1) is 8.77. The second-order valence-electron chi connectivity index (χ2n) is 3.89. The van der Waals surface area contributed by atoms with E-state index in [2.05, 4.69) is 31.3 Å². The molecule has 0 fully saturated rings. The van der Waals surface area contributed by atoms with Crippen molar-refractivity contribution in [3.05, 3.63) is 57.9 Å². The number of pyridine rings is 2. The molecule has 3 heterocycles. The molecular formula is C13H10BrN3S. The summed E-state index contributed by atoms with van der Waals surface area (Å²) < 4.78 is 2.22. The highest BCUT2D eigenvalue weighted by Gasteiger charge is 2.17. The van der Waals surface area contributed by atoms with E-state index in [4.69, 9.17) is 5.73 Å². The van der Waals surface area contributed by atoms with E-state index >= 15 is 0 Å². The first-order valence-corrected chi connectivity index (χ1v) is 7.13. The van der Waals surface area contributed by atoms with Crippen LogP contribution in [0.15, 0.2) is 46.5 Å². The van der Waals surface area contributed by atoms with E-state index in [1.54, 1.807) is 23.7 Å². The molecule has 0 radical (unpaired) electrons. The van der Waals surface area contributed by atoms with Gasteiger partial charge < -0.3 is 5.73 Å². The minimum Gasteiger partial charge on any atom is -0.318 e. The number of nitrogens with two attached hydrogens (primary N) is 1. The smallest absolute Gasteiger partial charge is 0.0907 e. The summed E-state index contributed by atoms with van der Waals surface area (Å²) >= 11 is 5.23. The van der Waals surface area contributed by atoms with Crippen LogP contribution in [0.3, 0.4) is 0 Å². The van der Waals surface area contributed by atoms with Gasteiger partial charge in [0.2, 0.25) is 0 Å². The first kappa shape index (κ1) is 11.8. The highest BCUT2D eigenvalue weighted by molar-refractivity contribution is 9.10. The lowest BCUT2D eigenvalue weighted by Gasteiger charge is -2.11. The van der Waals surface area contributed by atoms with Gasteiger partial charge in [0, 0.05) is 32.3 Å². The zero-order valence-corrected chi connectivity index (χ0v) is 11.8. The predicted molar refractivity (Wildman–Crippen MR) is 77.6 cm³/mol. The molecule has 18 heavy (non-hydrogen) atoms. The lowest BCUT2D eigenvalue weighted by molar-refractivity contribution is 0.804. The summed E-state index contributed by atoms with van der Waals surface area (Å²) in [6, 6.07) is 7.43. The highest BCUT2D eigenvalue weighted by atomic mass is 79.9. The number of nitrogens with zero attached hydrogens (tertiary/aromatic N) is 2. The van der Waals surface area contributed by atoms with Gasteiger partial charge in [-0.15, -0.1) is 11.3 Å². The molecule has 0 saturated carbocycles. The summed E-state index contributed by atoms with van der Waals surface area (Å²) in [6.45, 7) is 0. The maximum Gasteiger partial charge on any atom is 0.0907 e. The fourth-order valence-corrected chi connectivity index (χ4v) is 3.56. The van der Waals surface area contributed by atoms with Crippen LogP contribution in [0.25, 0.3) is 10.1 Å². The van der Waals surface area contributed by atoms with Gasteiger partial charge in [-0.2, -0.15) is 0 Å². The van der Waals surface area contributed by atoms with Crippen molar-refractivity contribution in [2.75, 3.05) is 0 Å². The van der Waals surface area contributed by atoms with E-state index in [0.717, 1.165) is 21.2 Å². The van der Waals surface area contributed by atoms with Gasteiger partial charge in [0.05, 0.1) is 17.4 Å². The van der Waals surface area contributed by atoms with E-state index in [-0.39, 0.29) is 6.04 Å². The normalized spacial score (nSPS) is 12.8. The van der Waals surface area contributed by atoms with Gasteiger partial charge in [-0.05, 0) is 34.1 Å². The second-order valence-corrected chi connectivity index (χ2v) is 5.65. The van der Waals surface area contributed by atoms with Crippen LogP contribution in [0.2, 0.25) is 0 Å². The summed E-state index contributed by atoms with van der Waals surface area (Å²) in [5.74, 6) is 0. The third-order valence-electron chi connectivity index (χ3n) is 2.77. The van der Waals surface area contributed by atoms with E-state index in [0.29, 0.717) is 0 Å². The molecule has 5 heteroatoms. The van der Waals surface area contributed by atoms with Gasteiger partial charge in [-0.3, -0.25) is 9.97 Å². The van der Waals surface area contributed by atoms with E-state index < -0.39 is 0 Å². The molecule has 0 amide bonds. The lowest BCUT2D eigenvalue weighted by Crippen LogP contribution is -2.15. The van der Waals surface area contributed by atoms with Crippen molar-refractivity contribution in [3.63, 3.8) is 0 Å². The molecule has 3 aromatic heterocycles. The molecular weight excluding hydrogens is 310 g/mol. The zero-order valence-electron chi connectivity index (χ0n) is 9.38. The topological polar surface area (TPSA) is 51.8 Å². The summed E-state index contributed by atoms with van der Waals surface area (Å²) in [4.78, 5) is 8.73. The summed E-state index contributed by atoms with van der Waals surface area (Å²) in [5.41, 5.74) is 7.96. The fourth-order valence-electron chi connectivity index (χ4n) is 1.91. The Bertz CT molecular complexity index is 681. The van der Waals surface area contributed by atoms with Crippen molar-refractivity contribution >= 4 is 37.4 Å². The standard InChI is InChI=1S/C13H10BrN3S/c14-8-7-18-10-4-6-17-13(11(8)10)12(15)9-3-1-2-5-16-9/h1-7,12H,15H2. The Morgan fingerprint density at radius 3 is 2.83 bits per heavy atom. The Hall–Kier alpha value is -1.30. The predicted octanol–water partition coefficient (Wildman–Crippen LogP) is 3.50. The monoisotopic (exact) mass is 319 g/mol. The third-order valence-corrected chi connectivity index (χ3v) is 4.65. The first-order valence-electron chi connectivity index (χ1n) is 5.45. The Kier molecular flexibility index (Phi) is 3.11. The van der Waals surface area contributed by atoms with Gasteiger partial charge in [0.1, 0.15) is 0 Å². The van der Waals surface area contributed by atoms with Crippen LogP contribution in [-0.2, 0) is 0 Å². The largest absolute Gasteiger partial charge is 0.318 e. The molecule has 3 aromatic rings. The Balaban J connectivity index is 2.17. The molecule has 3 rings (SSSR count). The average molecular weight is 320 g/mol. The minimum absolute atomic E-state index is 0.305. The van der Waals surface area contributed by atoms with Gasteiger partial charge in [-0.25, -0.2) is 0 Å². The summed E-state index contributed by atoms with van der Waals surface area (Å²) in [5, 5.41) is 3.14. The maximum absolute atomic E-state index is 6.27. The molecule has 90 valence electrons. The van der Waals surface area contributed by atoms with Crippen LogP contribution in [0.5, 0.6) is 0 Å². The van der Waals surface area contributed by atoms with Crippen molar-refractivity contribution < 1.29 is 0 Å². The maximum atomic E-state index is 6.27. The SMILES string of the molecule is NC(c1ccccn1)c1nccc2scc(Br)c12. The molecule has 0 saturated heterocycles. The van der Waals surface area contributed by atoms with Gasteiger partial charge in [0.25, 0.3) is 0 Å². The molecule has 0 spiro atoms. The van der Waals surface area contributed by atoms with Gasteiger partial charge in [-0.1, -0.05) is 6.07 Å². The molecule has 2 N–H and O–H groups in total. The number of thiophene rings is 1. The van der Waals surface area contributed by atoms with Crippen molar-refractivity contribution in [2.24, 2.45) is 5.73 Å². The summed E-state index contributed by atoms with van der Waals surface area (Å²) in [6.07, 6.45) is 3.54. The number of hydrogen-bond donors (Lipinski definition) is 1. The second kappa shape index (κ2) is 4.76. The zero-order chi connectivity index (χ0) is 12.5. The Morgan fingerprint density at radius 2 is 2.06 bits per heavy atom. The molecule has 1 unspecified atom stereocenters. The third kappa shape index (κ3) is 1.94. The quantitative estimate of drug-likeness (QED) is 0.786. The number of aromatic nitrogens is 2. The van der Waals surface area contributed by atoms with Crippen LogP contribution in [0.4, 0.5) is 0 Å². The molecule has 1 atom stereocenters. The van der Waals surface area contributed by atoms with Crippen molar-refractivity contribution in [1.29, 1.82) is 0 Å². The highest BCUT2D eigenvalue weighted by Crippen LogP contribution is 2.34. The van der Waals surface area contributed by atoms with Crippen LogP contribution in [-0.4, -0.2) is 9.97 Å². The molecule has 0 aromatic carbocycles. The molecule has 0 aliphatic carbocycles. The Labute approximate surface area is 117 Å². The van der Waals surface area contributed by atoms with Crippen molar-refractivity contribution in [2.45, 2.75) is 6.04 Å². The van der Waals surface area contributed by atoms with E-state index in [1.807, 2.05) is 24.3 Å². The lowest BCUT2D eigenvalue weighted by atomic mass is 10.1. The summed E-state index contributed by atoms with van der Waals surface area (Å²) in [7, 11) is 0. The molecule has 3 nitrogen and oxygen atoms in total. The number of halogens is 1. The minimum atomic E-state index is -0.305. The fraction of sp³-hybridized carbons (Fsp3) is 0.0769. The van der Waals surface area contributed by atoms with E-state index in [1.165, 1.54) is 4.70 Å². The van der Waals surface area contributed by atoms with Crippen LogP contribution >= 0.6 is 27.3 Å². The number of fused-ring (bicyclic) bond motifs is 1. The molecule has 0 aliphatic heterocycles. The number of hydrogen-bond acceptors (Lipinski definition) is 4.